The molecule has 3 heterocycles. The van der Waals surface area contributed by atoms with E-state index in [-0.39, 0.29) is 11.6 Å². The van der Waals surface area contributed by atoms with Crippen molar-refractivity contribution >= 4 is 17.2 Å². The van der Waals surface area contributed by atoms with E-state index in [0.29, 0.717) is 30.2 Å². The monoisotopic (exact) mass is 348 g/mol. The van der Waals surface area contributed by atoms with Crippen LogP contribution in [0.1, 0.15) is 10.5 Å². The highest BCUT2D eigenvalue weighted by Crippen LogP contribution is 2.18. The predicted molar refractivity (Wildman–Crippen MR) is 95.1 cm³/mol. The smallest absolute Gasteiger partial charge is 0.278 e. The summed E-state index contributed by atoms with van der Waals surface area (Å²) < 4.78 is 9.26. The van der Waals surface area contributed by atoms with Crippen LogP contribution in [-0.4, -0.2) is 36.7 Å². The Morgan fingerprint density at radius 1 is 1.08 bits per heavy atom. The Bertz CT molecular complexity index is 1030. The highest BCUT2D eigenvalue weighted by Gasteiger charge is 2.13. The number of anilines is 1. The molecular formula is C18H16N6O2. The zero-order chi connectivity index (χ0) is 17.8. The van der Waals surface area contributed by atoms with Gasteiger partial charge in [0.25, 0.3) is 5.91 Å². The van der Waals surface area contributed by atoms with Crippen molar-refractivity contribution in [3.05, 3.63) is 73.2 Å². The number of hydrogen-bond donors (Lipinski definition) is 1. The zero-order valence-electron chi connectivity index (χ0n) is 13.8. The van der Waals surface area contributed by atoms with Crippen LogP contribution in [0.2, 0.25) is 0 Å². The van der Waals surface area contributed by atoms with Gasteiger partial charge in [0.1, 0.15) is 12.4 Å². The van der Waals surface area contributed by atoms with Gasteiger partial charge in [0.2, 0.25) is 0 Å². The molecule has 0 atom stereocenters. The van der Waals surface area contributed by atoms with E-state index in [1.807, 2.05) is 24.4 Å². The van der Waals surface area contributed by atoms with Crippen LogP contribution in [0.25, 0.3) is 5.65 Å². The minimum absolute atomic E-state index is 0.266. The second kappa shape index (κ2) is 7.06. The third-order valence-corrected chi connectivity index (χ3v) is 3.77. The third-order valence-electron chi connectivity index (χ3n) is 3.77. The van der Waals surface area contributed by atoms with Crippen molar-refractivity contribution in [1.29, 1.82) is 0 Å². The lowest BCUT2D eigenvalue weighted by Crippen LogP contribution is -2.15. The lowest BCUT2D eigenvalue weighted by molar-refractivity contribution is 0.102. The Kier molecular flexibility index (Phi) is 4.29. The summed E-state index contributed by atoms with van der Waals surface area (Å²) in [5.41, 5.74) is 1.40. The fraction of sp³-hybridized carbons (Fsp3) is 0.111. The summed E-state index contributed by atoms with van der Waals surface area (Å²) in [4.78, 5) is 20.8. The summed E-state index contributed by atoms with van der Waals surface area (Å²) in [6.45, 7) is 1.13. The number of benzene rings is 1. The standard InChI is InChI=1S/C18H16N6O2/c25-18(16-17-20-7-10-23(17)9-6-19-16)22-14-3-1-4-15(13-14)26-12-11-24-8-2-5-21-24/h1-10,13H,11-12H2,(H,22,25). The van der Waals surface area contributed by atoms with Gasteiger partial charge in [0.05, 0.1) is 6.54 Å². The Morgan fingerprint density at radius 2 is 1.96 bits per heavy atom. The third kappa shape index (κ3) is 3.39. The Balaban J connectivity index is 1.43. The van der Waals surface area contributed by atoms with Crippen LogP contribution in [0.5, 0.6) is 5.75 Å². The molecule has 0 radical (unpaired) electrons. The van der Waals surface area contributed by atoms with Gasteiger partial charge < -0.3 is 14.5 Å². The fourth-order valence-electron chi connectivity index (χ4n) is 2.56. The molecule has 1 N–H and O–H groups in total. The highest BCUT2D eigenvalue weighted by molar-refractivity contribution is 6.06. The summed E-state index contributed by atoms with van der Waals surface area (Å²) in [6, 6.07) is 9.09. The summed E-state index contributed by atoms with van der Waals surface area (Å²) in [5.74, 6) is 0.345. The van der Waals surface area contributed by atoms with E-state index >= 15 is 0 Å². The van der Waals surface area contributed by atoms with Crippen LogP contribution in [-0.2, 0) is 6.54 Å². The molecule has 0 saturated carbocycles. The van der Waals surface area contributed by atoms with E-state index in [1.54, 1.807) is 52.2 Å². The highest BCUT2D eigenvalue weighted by atomic mass is 16.5. The maximum Gasteiger partial charge on any atom is 0.278 e. The predicted octanol–water partition coefficient (Wildman–Crippen LogP) is 2.26. The number of hydrogen-bond acceptors (Lipinski definition) is 5. The molecule has 0 aliphatic heterocycles. The average molecular weight is 348 g/mol. The van der Waals surface area contributed by atoms with Crippen molar-refractivity contribution in [2.24, 2.45) is 0 Å². The van der Waals surface area contributed by atoms with Crippen molar-refractivity contribution in [2.45, 2.75) is 6.54 Å². The Hall–Kier alpha value is -3.68. The molecule has 0 fully saturated rings. The zero-order valence-corrected chi connectivity index (χ0v) is 13.8. The first kappa shape index (κ1) is 15.8. The van der Waals surface area contributed by atoms with Crippen LogP contribution in [0.4, 0.5) is 5.69 Å². The van der Waals surface area contributed by atoms with Crippen molar-refractivity contribution in [2.75, 3.05) is 11.9 Å². The van der Waals surface area contributed by atoms with E-state index in [4.69, 9.17) is 4.74 Å². The summed E-state index contributed by atoms with van der Waals surface area (Å²) >= 11 is 0. The number of ether oxygens (including phenoxy) is 1. The molecule has 1 aromatic carbocycles. The van der Waals surface area contributed by atoms with Gasteiger partial charge in [0.15, 0.2) is 11.3 Å². The van der Waals surface area contributed by atoms with E-state index in [9.17, 15) is 4.79 Å². The molecule has 130 valence electrons. The minimum atomic E-state index is -0.324. The second-order valence-electron chi connectivity index (χ2n) is 5.53. The van der Waals surface area contributed by atoms with Crippen molar-refractivity contribution in [3.63, 3.8) is 0 Å². The molecule has 4 rings (SSSR count). The van der Waals surface area contributed by atoms with E-state index in [1.165, 1.54) is 0 Å². The molecule has 0 bridgehead atoms. The van der Waals surface area contributed by atoms with Gasteiger partial charge in [-0.05, 0) is 18.2 Å². The molecule has 26 heavy (non-hydrogen) atoms. The van der Waals surface area contributed by atoms with Gasteiger partial charge in [0, 0.05) is 48.9 Å². The number of fused-ring (bicyclic) bond motifs is 1. The van der Waals surface area contributed by atoms with Gasteiger partial charge in [-0.1, -0.05) is 6.07 Å². The number of carbonyl (C=O) groups is 1. The molecule has 0 unspecified atom stereocenters. The maximum absolute atomic E-state index is 12.5. The first-order valence-electron chi connectivity index (χ1n) is 8.09. The molecule has 1 amide bonds. The largest absolute Gasteiger partial charge is 0.492 e. The molecule has 4 aromatic rings. The Labute approximate surface area is 149 Å². The number of carbonyl (C=O) groups excluding carboxylic acids is 1. The summed E-state index contributed by atoms with van der Waals surface area (Å²) in [6.07, 6.45) is 10.3. The van der Waals surface area contributed by atoms with Gasteiger partial charge >= 0.3 is 0 Å². The van der Waals surface area contributed by atoms with E-state index < -0.39 is 0 Å². The molecule has 0 aliphatic carbocycles. The van der Waals surface area contributed by atoms with Crippen LogP contribution in [0.3, 0.4) is 0 Å². The number of rotatable bonds is 6. The normalized spacial score (nSPS) is 10.8. The topological polar surface area (TPSA) is 86.3 Å². The number of nitrogens with zero attached hydrogens (tertiary/aromatic N) is 5. The first-order valence-corrected chi connectivity index (χ1v) is 8.09. The lowest BCUT2D eigenvalue weighted by atomic mass is 10.3. The second-order valence-corrected chi connectivity index (χ2v) is 5.53. The van der Waals surface area contributed by atoms with Crippen LogP contribution >= 0.6 is 0 Å². The van der Waals surface area contributed by atoms with E-state index in [2.05, 4.69) is 20.4 Å². The fourth-order valence-corrected chi connectivity index (χ4v) is 2.56. The van der Waals surface area contributed by atoms with E-state index in [0.717, 1.165) is 0 Å². The van der Waals surface area contributed by atoms with Crippen molar-refractivity contribution < 1.29 is 9.53 Å². The molecule has 0 spiro atoms. The van der Waals surface area contributed by atoms with Gasteiger partial charge in [-0.15, -0.1) is 0 Å². The SMILES string of the molecule is O=C(Nc1cccc(OCCn2cccn2)c1)c1nccn2ccnc12. The summed E-state index contributed by atoms with van der Waals surface area (Å²) in [7, 11) is 0. The number of amides is 1. The first-order chi connectivity index (χ1) is 12.8. The summed E-state index contributed by atoms with van der Waals surface area (Å²) in [5, 5.41) is 6.96. The number of aromatic nitrogens is 5. The van der Waals surface area contributed by atoms with Crippen LogP contribution in [0, 0.1) is 0 Å². The maximum atomic E-state index is 12.5. The van der Waals surface area contributed by atoms with Crippen molar-refractivity contribution in [1.82, 2.24) is 24.1 Å². The van der Waals surface area contributed by atoms with Crippen molar-refractivity contribution in [3.8, 4) is 5.75 Å². The lowest BCUT2D eigenvalue weighted by Gasteiger charge is -2.09. The molecular weight excluding hydrogens is 332 g/mol. The number of nitrogens with one attached hydrogen (secondary N) is 1. The quantitative estimate of drug-likeness (QED) is 0.578. The van der Waals surface area contributed by atoms with Crippen LogP contribution < -0.4 is 10.1 Å². The van der Waals surface area contributed by atoms with Gasteiger partial charge in [-0.2, -0.15) is 5.10 Å². The average Bonchev–Trinajstić information content (AvgIpc) is 3.33. The molecule has 8 nitrogen and oxygen atoms in total. The van der Waals surface area contributed by atoms with Gasteiger partial charge in [-0.25, -0.2) is 9.97 Å². The minimum Gasteiger partial charge on any atom is -0.492 e. The van der Waals surface area contributed by atoms with Crippen LogP contribution in [0.15, 0.2) is 67.5 Å². The molecule has 8 heteroatoms. The Morgan fingerprint density at radius 3 is 2.81 bits per heavy atom. The van der Waals surface area contributed by atoms with Gasteiger partial charge in [-0.3, -0.25) is 9.48 Å². The molecule has 0 aliphatic rings. The number of imidazole rings is 1. The molecule has 3 aromatic heterocycles. The molecule has 0 saturated heterocycles.